The number of rotatable bonds is 3. The van der Waals surface area contributed by atoms with Crippen LogP contribution in [-0.4, -0.2) is 18.0 Å². The average molecular weight is 260 g/mol. The molecule has 2 rings (SSSR count). The van der Waals surface area contributed by atoms with Crippen LogP contribution in [0.2, 0.25) is 0 Å². The molecule has 0 bridgehead atoms. The molecule has 1 aromatic rings. The molecule has 0 spiro atoms. The van der Waals surface area contributed by atoms with E-state index < -0.39 is 0 Å². The second kappa shape index (κ2) is 6.68. The molecule has 0 aliphatic carbocycles. The molecule has 3 heteroatoms. The van der Waals surface area contributed by atoms with E-state index in [0.717, 1.165) is 19.0 Å². The van der Waals surface area contributed by atoms with Crippen LogP contribution in [0.4, 0.5) is 4.39 Å². The lowest BCUT2D eigenvalue weighted by molar-refractivity contribution is 0.268. The highest BCUT2D eigenvalue weighted by molar-refractivity contribution is 5.32. The SMILES string of the molecule is CCC1CCCN(Cc2ccc(C#N)cc2F)CC1. The van der Waals surface area contributed by atoms with Gasteiger partial charge in [0, 0.05) is 12.1 Å². The van der Waals surface area contributed by atoms with Crippen molar-refractivity contribution in [2.45, 2.75) is 39.2 Å². The highest BCUT2D eigenvalue weighted by atomic mass is 19.1. The molecule has 0 saturated carbocycles. The lowest BCUT2D eigenvalue weighted by atomic mass is 9.98. The lowest BCUT2D eigenvalue weighted by Crippen LogP contribution is -2.24. The van der Waals surface area contributed by atoms with Gasteiger partial charge in [-0.25, -0.2) is 4.39 Å². The highest BCUT2D eigenvalue weighted by Gasteiger charge is 2.16. The van der Waals surface area contributed by atoms with Gasteiger partial charge < -0.3 is 0 Å². The number of nitriles is 1. The Morgan fingerprint density at radius 2 is 2.21 bits per heavy atom. The van der Waals surface area contributed by atoms with Crippen LogP contribution < -0.4 is 0 Å². The molecular weight excluding hydrogens is 239 g/mol. The molecule has 1 aromatic carbocycles. The van der Waals surface area contributed by atoms with Crippen molar-refractivity contribution in [2.75, 3.05) is 13.1 Å². The molecule has 1 fully saturated rings. The molecule has 1 atom stereocenters. The first-order chi connectivity index (χ1) is 9.22. The third-order valence-electron chi connectivity index (χ3n) is 4.09. The number of benzene rings is 1. The van der Waals surface area contributed by atoms with Crippen LogP contribution >= 0.6 is 0 Å². The monoisotopic (exact) mass is 260 g/mol. The summed E-state index contributed by atoms with van der Waals surface area (Å²) in [5.74, 6) is 0.575. The third-order valence-corrected chi connectivity index (χ3v) is 4.09. The predicted octanol–water partition coefficient (Wildman–Crippen LogP) is 3.71. The number of likely N-dealkylation sites (tertiary alicyclic amines) is 1. The maximum Gasteiger partial charge on any atom is 0.129 e. The van der Waals surface area contributed by atoms with E-state index >= 15 is 0 Å². The van der Waals surface area contributed by atoms with Crippen LogP contribution in [0.3, 0.4) is 0 Å². The van der Waals surface area contributed by atoms with Gasteiger partial charge >= 0.3 is 0 Å². The maximum atomic E-state index is 13.9. The van der Waals surface area contributed by atoms with E-state index in [9.17, 15) is 4.39 Å². The summed E-state index contributed by atoms with van der Waals surface area (Å²) in [5, 5.41) is 8.74. The summed E-state index contributed by atoms with van der Waals surface area (Å²) >= 11 is 0. The highest BCUT2D eigenvalue weighted by Crippen LogP contribution is 2.22. The van der Waals surface area contributed by atoms with Crippen LogP contribution in [0.25, 0.3) is 0 Å². The quantitative estimate of drug-likeness (QED) is 0.828. The minimum Gasteiger partial charge on any atom is -0.299 e. The smallest absolute Gasteiger partial charge is 0.129 e. The van der Waals surface area contributed by atoms with Crippen molar-refractivity contribution >= 4 is 0 Å². The van der Waals surface area contributed by atoms with E-state index in [1.54, 1.807) is 12.1 Å². The average Bonchev–Trinajstić information content (AvgIpc) is 2.66. The van der Waals surface area contributed by atoms with Crippen LogP contribution in [0.15, 0.2) is 18.2 Å². The second-order valence-corrected chi connectivity index (χ2v) is 5.40. The largest absolute Gasteiger partial charge is 0.299 e. The minimum atomic E-state index is -0.254. The van der Waals surface area contributed by atoms with E-state index in [1.807, 2.05) is 6.07 Å². The van der Waals surface area contributed by atoms with Gasteiger partial charge in [-0.3, -0.25) is 4.90 Å². The first kappa shape index (κ1) is 14.0. The summed E-state index contributed by atoms with van der Waals surface area (Å²) in [4.78, 5) is 2.33. The van der Waals surface area contributed by atoms with Gasteiger partial charge in [0.2, 0.25) is 0 Å². The van der Waals surface area contributed by atoms with E-state index in [-0.39, 0.29) is 5.82 Å². The first-order valence-electron chi connectivity index (χ1n) is 7.13. The Balaban J connectivity index is 1.99. The summed E-state index contributed by atoms with van der Waals surface area (Å²) < 4.78 is 13.9. The Hall–Kier alpha value is -1.40. The van der Waals surface area contributed by atoms with Gasteiger partial charge in [0.05, 0.1) is 11.6 Å². The number of nitrogens with zero attached hydrogens (tertiary/aromatic N) is 2. The van der Waals surface area contributed by atoms with Crippen molar-refractivity contribution in [3.63, 3.8) is 0 Å². The molecule has 0 aromatic heterocycles. The van der Waals surface area contributed by atoms with Crippen molar-refractivity contribution < 1.29 is 4.39 Å². The molecular formula is C16H21FN2. The summed E-state index contributed by atoms with van der Waals surface area (Å²) in [6.07, 6.45) is 4.97. The third kappa shape index (κ3) is 3.78. The van der Waals surface area contributed by atoms with Crippen molar-refractivity contribution in [2.24, 2.45) is 5.92 Å². The molecule has 1 aliphatic heterocycles. The molecule has 1 unspecified atom stereocenters. The summed E-state index contributed by atoms with van der Waals surface area (Å²) in [7, 11) is 0. The zero-order chi connectivity index (χ0) is 13.7. The Morgan fingerprint density at radius 3 is 2.89 bits per heavy atom. The van der Waals surface area contributed by atoms with Crippen LogP contribution in [-0.2, 0) is 6.54 Å². The molecule has 102 valence electrons. The molecule has 19 heavy (non-hydrogen) atoms. The van der Waals surface area contributed by atoms with Crippen molar-refractivity contribution in [1.29, 1.82) is 5.26 Å². The predicted molar refractivity (Wildman–Crippen MR) is 74.0 cm³/mol. The Morgan fingerprint density at radius 1 is 1.37 bits per heavy atom. The number of halogens is 1. The normalized spacial score (nSPS) is 20.8. The molecule has 1 saturated heterocycles. The molecule has 2 nitrogen and oxygen atoms in total. The van der Waals surface area contributed by atoms with Gasteiger partial charge in [-0.2, -0.15) is 5.26 Å². The van der Waals surface area contributed by atoms with Gasteiger partial charge in [-0.15, -0.1) is 0 Å². The Kier molecular flexibility index (Phi) is 4.93. The number of hydrogen-bond acceptors (Lipinski definition) is 2. The van der Waals surface area contributed by atoms with Gasteiger partial charge in [-0.05, 0) is 50.4 Å². The fourth-order valence-electron chi connectivity index (χ4n) is 2.78. The van der Waals surface area contributed by atoms with Crippen LogP contribution in [0.1, 0.15) is 43.7 Å². The van der Waals surface area contributed by atoms with E-state index in [1.165, 1.54) is 31.7 Å². The Labute approximate surface area is 114 Å². The van der Waals surface area contributed by atoms with Crippen molar-refractivity contribution in [1.82, 2.24) is 4.90 Å². The lowest BCUT2D eigenvalue weighted by Gasteiger charge is -2.20. The molecule has 1 aliphatic rings. The summed E-state index contributed by atoms with van der Waals surface area (Å²) in [5.41, 5.74) is 1.09. The standard InChI is InChI=1S/C16H21FN2/c1-2-13-4-3-8-19(9-7-13)12-15-6-5-14(11-18)10-16(15)17/h5-6,10,13H,2-4,7-9,12H2,1H3. The molecule has 0 radical (unpaired) electrons. The van der Waals surface area contributed by atoms with E-state index in [4.69, 9.17) is 5.26 Å². The molecule has 0 N–H and O–H groups in total. The summed E-state index contributed by atoms with van der Waals surface area (Å²) in [6.45, 7) is 5.02. The van der Waals surface area contributed by atoms with Crippen LogP contribution in [0.5, 0.6) is 0 Å². The fraction of sp³-hybridized carbons (Fsp3) is 0.562. The van der Waals surface area contributed by atoms with Gasteiger partial charge in [0.1, 0.15) is 5.82 Å². The van der Waals surface area contributed by atoms with Gasteiger partial charge in [0.25, 0.3) is 0 Å². The topological polar surface area (TPSA) is 27.0 Å². The molecule has 1 heterocycles. The Bertz CT molecular complexity index is 464. The van der Waals surface area contributed by atoms with Crippen molar-refractivity contribution in [3.05, 3.63) is 35.1 Å². The maximum absolute atomic E-state index is 13.9. The van der Waals surface area contributed by atoms with E-state index in [2.05, 4.69) is 11.8 Å². The second-order valence-electron chi connectivity index (χ2n) is 5.40. The first-order valence-corrected chi connectivity index (χ1v) is 7.13. The van der Waals surface area contributed by atoms with Crippen molar-refractivity contribution in [3.8, 4) is 6.07 Å². The number of hydrogen-bond donors (Lipinski definition) is 0. The minimum absolute atomic E-state index is 0.254. The zero-order valence-electron chi connectivity index (χ0n) is 11.5. The van der Waals surface area contributed by atoms with E-state index in [0.29, 0.717) is 17.7 Å². The van der Waals surface area contributed by atoms with Gasteiger partial charge in [0.15, 0.2) is 0 Å². The zero-order valence-corrected chi connectivity index (χ0v) is 11.5. The fourth-order valence-corrected chi connectivity index (χ4v) is 2.78. The van der Waals surface area contributed by atoms with Gasteiger partial charge in [-0.1, -0.05) is 19.4 Å². The molecule has 0 amide bonds. The van der Waals surface area contributed by atoms with Crippen LogP contribution in [0, 0.1) is 23.1 Å². The summed E-state index contributed by atoms with van der Waals surface area (Å²) in [6, 6.07) is 6.75.